The van der Waals surface area contributed by atoms with Gasteiger partial charge in [0.2, 0.25) is 0 Å². The van der Waals surface area contributed by atoms with Crippen molar-refractivity contribution in [2.45, 2.75) is 45.7 Å². The van der Waals surface area contributed by atoms with Gasteiger partial charge in [-0.1, -0.05) is 22.9 Å². The predicted octanol–water partition coefficient (Wildman–Crippen LogP) is 3.81. The van der Waals surface area contributed by atoms with E-state index in [1.165, 1.54) is 24.0 Å². The Morgan fingerprint density at radius 2 is 2.05 bits per heavy atom. The fraction of sp³-hybridized carbons (Fsp3) is 0.625. The first kappa shape index (κ1) is 15.8. The summed E-state index contributed by atoms with van der Waals surface area (Å²) in [5, 5.41) is 3.55. The largest absolute Gasteiger partial charge is 0.491 e. The Hall–Kier alpha value is -0.580. The SMILES string of the molecule is CCCOCCOc1c(C)cc(Br)cc1CNC1CC1. The van der Waals surface area contributed by atoms with Crippen LogP contribution in [-0.4, -0.2) is 25.9 Å². The lowest BCUT2D eigenvalue weighted by atomic mass is 10.1. The quantitative estimate of drug-likeness (QED) is 0.692. The minimum absolute atomic E-state index is 0.610. The molecule has 0 aliphatic heterocycles. The highest BCUT2D eigenvalue weighted by Gasteiger charge is 2.21. The Bertz CT molecular complexity index is 433. The Labute approximate surface area is 130 Å². The molecule has 4 heteroatoms. The van der Waals surface area contributed by atoms with Gasteiger partial charge < -0.3 is 14.8 Å². The van der Waals surface area contributed by atoms with E-state index in [-0.39, 0.29) is 0 Å². The normalized spacial score (nSPS) is 14.6. The number of hydrogen-bond donors (Lipinski definition) is 1. The van der Waals surface area contributed by atoms with Gasteiger partial charge in [0, 0.05) is 29.2 Å². The summed E-state index contributed by atoms with van der Waals surface area (Å²) in [6, 6.07) is 4.95. The number of nitrogens with one attached hydrogen (secondary N) is 1. The second-order valence-electron chi connectivity index (χ2n) is 5.33. The fourth-order valence-corrected chi connectivity index (χ4v) is 2.75. The maximum Gasteiger partial charge on any atom is 0.126 e. The van der Waals surface area contributed by atoms with Gasteiger partial charge in [0.15, 0.2) is 0 Å². The van der Waals surface area contributed by atoms with E-state index in [9.17, 15) is 0 Å². The van der Waals surface area contributed by atoms with E-state index in [1.54, 1.807) is 0 Å². The lowest BCUT2D eigenvalue weighted by Crippen LogP contribution is -2.17. The van der Waals surface area contributed by atoms with Crippen LogP contribution in [0.3, 0.4) is 0 Å². The van der Waals surface area contributed by atoms with Crippen LogP contribution in [0.15, 0.2) is 16.6 Å². The molecule has 0 atom stereocenters. The molecule has 0 heterocycles. The smallest absolute Gasteiger partial charge is 0.126 e. The van der Waals surface area contributed by atoms with Crippen molar-refractivity contribution >= 4 is 15.9 Å². The van der Waals surface area contributed by atoms with Crippen LogP contribution in [0.1, 0.15) is 37.3 Å². The molecule has 20 heavy (non-hydrogen) atoms. The minimum Gasteiger partial charge on any atom is -0.491 e. The second-order valence-corrected chi connectivity index (χ2v) is 6.24. The monoisotopic (exact) mass is 341 g/mol. The summed E-state index contributed by atoms with van der Waals surface area (Å²) in [4.78, 5) is 0. The molecule has 1 aromatic carbocycles. The molecule has 1 aliphatic rings. The van der Waals surface area contributed by atoms with Crippen LogP contribution in [0.4, 0.5) is 0 Å². The lowest BCUT2D eigenvalue weighted by molar-refractivity contribution is 0.1000. The third-order valence-corrected chi connectivity index (χ3v) is 3.76. The van der Waals surface area contributed by atoms with Crippen LogP contribution in [0.2, 0.25) is 0 Å². The van der Waals surface area contributed by atoms with Gasteiger partial charge in [-0.15, -0.1) is 0 Å². The number of benzene rings is 1. The second kappa shape index (κ2) is 8.01. The zero-order valence-corrected chi connectivity index (χ0v) is 14.0. The molecule has 2 rings (SSSR count). The van der Waals surface area contributed by atoms with E-state index >= 15 is 0 Å². The highest BCUT2D eigenvalue weighted by molar-refractivity contribution is 9.10. The van der Waals surface area contributed by atoms with E-state index in [2.05, 4.69) is 47.2 Å². The third-order valence-electron chi connectivity index (χ3n) is 3.30. The molecule has 1 aliphatic carbocycles. The van der Waals surface area contributed by atoms with E-state index in [0.29, 0.717) is 19.3 Å². The van der Waals surface area contributed by atoms with Crippen molar-refractivity contribution < 1.29 is 9.47 Å². The maximum atomic E-state index is 5.94. The average Bonchev–Trinajstić information content (AvgIpc) is 3.22. The van der Waals surface area contributed by atoms with Gasteiger partial charge in [-0.05, 0) is 43.9 Å². The van der Waals surface area contributed by atoms with Crippen LogP contribution < -0.4 is 10.1 Å². The molecule has 0 unspecified atom stereocenters. The number of hydrogen-bond acceptors (Lipinski definition) is 3. The molecule has 0 spiro atoms. The van der Waals surface area contributed by atoms with E-state index in [1.807, 2.05) is 0 Å². The van der Waals surface area contributed by atoms with E-state index in [0.717, 1.165) is 29.8 Å². The van der Waals surface area contributed by atoms with Crippen molar-refractivity contribution in [1.82, 2.24) is 5.32 Å². The highest BCUT2D eigenvalue weighted by Crippen LogP contribution is 2.29. The van der Waals surface area contributed by atoms with Gasteiger partial charge in [-0.2, -0.15) is 0 Å². The van der Waals surface area contributed by atoms with Gasteiger partial charge in [0.25, 0.3) is 0 Å². The third kappa shape index (κ3) is 5.08. The van der Waals surface area contributed by atoms with E-state index in [4.69, 9.17) is 9.47 Å². The molecule has 0 radical (unpaired) electrons. The van der Waals surface area contributed by atoms with Gasteiger partial charge in [-0.3, -0.25) is 0 Å². The number of halogens is 1. The van der Waals surface area contributed by atoms with Crippen molar-refractivity contribution in [1.29, 1.82) is 0 Å². The van der Waals surface area contributed by atoms with Gasteiger partial charge in [-0.25, -0.2) is 0 Å². The van der Waals surface area contributed by atoms with Gasteiger partial charge in [0.05, 0.1) is 6.61 Å². The molecule has 112 valence electrons. The highest BCUT2D eigenvalue weighted by atomic mass is 79.9. The molecule has 1 fully saturated rings. The van der Waals surface area contributed by atoms with Crippen molar-refractivity contribution in [3.8, 4) is 5.75 Å². The minimum atomic E-state index is 0.610. The topological polar surface area (TPSA) is 30.5 Å². The van der Waals surface area contributed by atoms with Crippen molar-refractivity contribution in [2.24, 2.45) is 0 Å². The standard InChI is InChI=1S/C16H24BrNO2/c1-3-6-19-7-8-20-16-12(2)9-14(17)10-13(16)11-18-15-4-5-15/h9-10,15,18H,3-8,11H2,1-2H3. The lowest BCUT2D eigenvalue weighted by Gasteiger charge is -2.15. The molecule has 0 saturated heterocycles. The summed E-state index contributed by atoms with van der Waals surface area (Å²) >= 11 is 3.56. The number of rotatable bonds is 9. The van der Waals surface area contributed by atoms with Crippen molar-refractivity contribution in [2.75, 3.05) is 19.8 Å². The maximum absolute atomic E-state index is 5.94. The molecular formula is C16H24BrNO2. The number of ether oxygens (including phenoxy) is 2. The van der Waals surface area contributed by atoms with E-state index < -0.39 is 0 Å². The number of aryl methyl sites for hydroxylation is 1. The molecule has 0 bridgehead atoms. The Morgan fingerprint density at radius 1 is 1.25 bits per heavy atom. The fourth-order valence-electron chi connectivity index (χ4n) is 2.13. The van der Waals surface area contributed by atoms with Crippen LogP contribution in [0.5, 0.6) is 5.75 Å². The predicted molar refractivity (Wildman–Crippen MR) is 85.3 cm³/mol. The summed E-state index contributed by atoms with van der Waals surface area (Å²) in [6.07, 6.45) is 3.65. The molecule has 0 aromatic heterocycles. The molecule has 0 amide bonds. The zero-order valence-electron chi connectivity index (χ0n) is 12.4. The first-order valence-corrected chi connectivity index (χ1v) is 8.23. The summed E-state index contributed by atoms with van der Waals surface area (Å²) in [6.45, 7) is 7.14. The Kier molecular flexibility index (Phi) is 6.33. The van der Waals surface area contributed by atoms with Crippen molar-refractivity contribution in [3.63, 3.8) is 0 Å². The molecule has 1 N–H and O–H groups in total. The summed E-state index contributed by atoms with van der Waals surface area (Å²) in [5.41, 5.74) is 2.39. The first-order chi connectivity index (χ1) is 9.70. The van der Waals surface area contributed by atoms with Gasteiger partial charge >= 0.3 is 0 Å². The first-order valence-electron chi connectivity index (χ1n) is 7.43. The van der Waals surface area contributed by atoms with Crippen LogP contribution in [-0.2, 0) is 11.3 Å². The molecule has 3 nitrogen and oxygen atoms in total. The van der Waals surface area contributed by atoms with Crippen LogP contribution in [0.25, 0.3) is 0 Å². The summed E-state index contributed by atoms with van der Waals surface area (Å²) in [5.74, 6) is 1.00. The van der Waals surface area contributed by atoms with Gasteiger partial charge in [0.1, 0.15) is 12.4 Å². The molecule has 1 saturated carbocycles. The van der Waals surface area contributed by atoms with Crippen molar-refractivity contribution in [3.05, 3.63) is 27.7 Å². The Balaban J connectivity index is 1.92. The van der Waals surface area contributed by atoms with Crippen LogP contribution >= 0.6 is 15.9 Å². The van der Waals surface area contributed by atoms with Crippen LogP contribution in [0, 0.1) is 6.92 Å². The zero-order chi connectivity index (χ0) is 14.4. The molecule has 1 aromatic rings. The summed E-state index contributed by atoms with van der Waals surface area (Å²) < 4.78 is 12.5. The average molecular weight is 342 g/mol. The Morgan fingerprint density at radius 3 is 2.75 bits per heavy atom. The molecular weight excluding hydrogens is 318 g/mol. The summed E-state index contributed by atoms with van der Waals surface area (Å²) in [7, 11) is 0.